The first kappa shape index (κ1) is 65.0. The van der Waals surface area contributed by atoms with Gasteiger partial charge in [-0.25, -0.2) is 57.5 Å². The highest BCUT2D eigenvalue weighted by Gasteiger charge is 2.04. The lowest BCUT2D eigenvalue weighted by molar-refractivity contribution is 0.416. The number of isocyanates is 12. The SMILES string of the molecule is COc1ccc(N=C=O)cc1N=C=O.Cc1c(N=C=O)cccc1N=C=O.Cc1cc(N=C=O)cc(N=C=O)c1.Cc1cc(N=C=O)ccc1N=C=O.Cc1ccc(N=C=O)cc1N=C=O.O=C=Nc1ccc(Cl)c(N=C=O)c1. The molecular weight excluding hydrogens is 1050 g/mol. The van der Waals surface area contributed by atoms with Gasteiger partial charge in [-0.3, -0.25) is 0 Å². The lowest BCUT2D eigenvalue weighted by Crippen LogP contribution is -1.82. The number of nitrogens with zero attached hydrogens (tertiary/aromatic N) is 12. The van der Waals surface area contributed by atoms with Crippen LogP contribution in [0.3, 0.4) is 0 Å². The summed E-state index contributed by atoms with van der Waals surface area (Å²) in [5.74, 6) is 0.415. The van der Waals surface area contributed by atoms with E-state index in [1.807, 2.05) is 6.92 Å². The van der Waals surface area contributed by atoms with Crippen molar-refractivity contribution < 1.29 is 62.3 Å². The lowest BCUT2D eigenvalue weighted by Gasteiger charge is -2.02. The number of halogens is 1. The zero-order valence-corrected chi connectivity index (χ0v) is 42.2. The van der Waals surface area contributed by atoms with Crippen LogP contribution < -0.4 is 4.74 Å². The van der Waals surface area contributed by atoms with Crippen LogP contribution in [0, 0.1) is 27.7 Å². The summed E-state index contributed by atoms with van der Waals surface area (Å²) in [7, 11) is 1.45. The molecule has 25 nitrogen and oxygen atoms in total. The summed E-state index contributed by atoms with van der Waals surface area (Å²) in [5.41, 5.74) is 8.03. The molecule has 6 aromatic carbocycles. The quantitative estimate of drug-likeness (QED) is 0.0767. The fraction of sp³-hybridized carbons (Fsp3) is 0.0943. The standard InChI is InChI=1S/C9H6N2O3.4C9H6N2O2.C8H3ClN2O2/c1-14-9-3-2-7(10-5-12)4-8(9)11-6-13;1-7-2-8(10-5-12)4-9(3-7)11-6-13;1-7-4-8(10-5-12)2-3-9(7)11-6-13;1-7-2-3-8(10-5-12)4-9(7)11-6-13;1-7-8(10-5-12)3-2-4-9(7)11-6-13;9-7-2-1-6(10-4-12)3-8(7)11-5-13/h2-4H,1H3;4*2-4H,1H3;1-3H. The zero-order chi connectivity index (χ0) is 58.8. The third kappa shape index (κ3) is 25.0. The van der Waals surface area contributed by atoms with Gasteiger partial charge in [-0.2, -0.15) is 59.9 Å². The molecule has 0 N–H and O–H groups in total. The highest BCUT2D eigenvalue weighted by molar-refractivity contribution is 6.33. The molecule has 26 heteroatoms. The Morgan fingerprint density at radius 1 is 0.316 bits per heavy atom. The van der Waals surface area contributed by atoms with Crippen LogP contribution in [0.25, 0.3) is 0 Å². The predicted octanol–water partition coefficient (Wildman–Crippen LogP) is 11.6. The van der Waals surface area contributed by atoms with E-state index in [0.29, 0.717) is 73.2 Å². The molecule has 0 bridgehead atoms. The molecule has 0 spiro atoms. The summed E-state index contributed by atoms with van der Waals surface area (Å²) in [4.78, 5) is 160. The highest BCUT2D eigenvalue weighted by atomic mass is 35.5. The molecule has 6 rings (SSSR count). The minimum Gasteiger partial charge on any atom is -0.494 e. The molecule has 0 aliphatic rings. The van der Waals surface area contributed by atoms with E-state index in [4.69, 9.17) is 16.3 Å². The number of benzene rings is 6. The van der Waals surface area contributed by atoms with E-state index in [1.165, 1.54) is 116 Å². The second-order valence-corrected chi connectivity index (χ2v) is 14.2. The van der Waals surface area contributed by atoms with Gasteiger partial charge in [0.1, 0.15) is 11.4 Å². The van der Waals surface area contributed by atoms with Crippen molar-refractivity contribution in [3.05, 3.63) is 136 Å². The summed E-state index contributed by atoms with van der Waals surface area (Å²) in [6, 6.07) is 28.4. The Balaban J connectivity index is 0.000000474. The summed E-state index contributed by atoms with van der Waals surface area (Å²) in [6.45, 7) is 7.09. The molecule has 0 heterocycles. The molecule has 0 aliphatic carbocycles. The lowest BCUT2D eigenvalue weighted by atomic mass is 10.1. The maximum absolute atomic E-state index is 10.1. The van der Waals surface area contributed by atoms with Gasteiger partial charge < -0.3 is 4.74 Å². The fourth-order valence-corrected chi connectivity index (χ4v) is 5.61. The number of aliphatic imine (C=N–C) groups is 12. The molecule has 79 heavy (non-hydrogen) atoms. The number of methoxy groups -OCH3 is 1. The van der Waals surface area contributed by atoms with Gasteiger partial charge in [0, 0.05) is 5.56 Å². The maximum Gasteiger partial charge on any atom is 0.240 e. The summed E-state index contributed by atoms with van der Waals surface area (Å²) < 4.78 is 4.92. The molecule has 0 atom stereocenters. The maximum atomic E-state index is 10.1. The minimum atomic E-state index is 0.230. The monoisotopic (exact) mass is 1080 g/mol. The van der Waals surface area contributed by atoms with Crippen molar-refractivity contribution in [3.8, 4) is 5.75 Å². The van der Waals surface area contributed by atoms with Gasteiger partial charge in [-0.15, -0.1) is 0 Å². The number of hydrogen-bond acceptors (Lipinski definition) is 25. The zero-order valence-electron chi connectivity index (χ0n) is 41.4. The molecule has 390 valence electrons. The highest BCUT2D eigenvalue weighted by Crippen LogP contribution is 2.32. The number of hydrogen-bond donors (Lipinski definition) is 0. The largest absolute Gasteiger partial charge is 0.494 e. The van der Waals surface area contributed by atoms with Crippen LogP contribution in [0.1, 0.15) is 22.3 Å². The van der Waals surface area contributed by atoms with Gasteiger partial charge in [0.05, 0.1) is 74.7 Å². The smallest absolute Gasteiger partial charge is 0.240 e. The van der Waals surface area contributed by atoms with E-state index in [-0.39, 0.29) is 11.4 Å². The first-order valence-corrected chi connectivity index (χ1v) is 21.4. The molecule has 0 saturated carbocycles. The van der Waals surface area contributed by atoms with Crippen molar-refractivity contribution in [2.24, 2.45) is 59.9 Å². The number of carbonyl (C=O) groups excluding carboxylic acids is 12. The van der Waals surface area contributed by atoms with Gasteiger partial charge in [0.15, 0.2) is 0 Å². The Kier molecular flexibility index (Phi) is 31.7. The Morgan fingerprint density at radius 2 is 0.671 bits per heavy atom. The van der Waals surface area contributed by atoms with Gasteiger partial charge in [-0.1, -0.05) is 23.7 Å². The van der Waals surface area contributed by atoms with Gasteiger partial charge >= 0.3 is 0 Å². The van der Waals surface area contributed by atoms with Crippen LogP contribution in [0.5, 0.6) is 5.75 Å². The average molecular weight is 1080 g/mol. The Morgan fingerprint density at radius 3 is 1.13 bits per heavy atom. The summed E-state index contributed by atoms with van der Waals surface area (Å²) in [5, 5.41) is 0.299. The van der Waals surface area contributed by atoms with Crippen molar-refractivity contribution >= 4 is 153 Å². The molecule has 0 unspecified atom stereocenters. The third-order valence-electron chi connectivity index (χ3n) is 8.83. The second kappa shape index (κ2) is 38.6. The van der Waals surface area contributed by atoms with Crippen LogP contribution in [0.4, 0.5) is 68.2 Å². The van der Waals surface area contributed by atoms with Crippen LogP contribution >= 0.6 is 11.6 Å². The Hall–Kier alpha value is -12.0. The predicted molar refractivity (Wildman–Crippen MR) is 283 cm³/mol. The van der Waals surface area contributed by atoms with Crippen molar-refractivity contribution in [1.82, 2.24) is 0 Å². The van der Waals surface area contributed by atoms with Crippen LogP contribution in [-0.4, -0.2) is 80.1 Å². The Bertz CT molecular complexity index is 3590. The van der Waals surface area contributed by atoms with Gasteiger partial charge in [0.25, 0.3) is 0 Å². The molecule has 0 aromatic heterocycles. The summed E-state index contributed by atoms with van der Waals surface area (Å²) >= 11 is 5.66. The van der Waals surface area contributed by atoms with E-state index < -0.39 is 0 Å². The minimum absolute atomic E-state index is 0.230. The molecule has 0 amide bonds. The number of aryl methyl sites for hydroxylation is 3. The van der Waals surface area contributed by atoms with Crippen molar-refractivity contribution in [2.75, 3.05) is 7.11 Å². The van der Waals surface area contributed by atoms with Crippen molar-refractivity contribution in [1.29, 1.82) is 0 Å². The average Bonchev–Trinajstić information content (AvgIpc) is 3.42. The van der Waals surface area contributed by atoms with E-state index in [1.54, 1.807) is 93.6 Å². The van der Waals surface area contributed by atoms with E-state index in [9.17, 15) is 57.5 Å². The molecule has 0 aliphatic heterocycles. The van der Waals surface area contributed by atoms with E-state index in [0.717, 1.165) is 16.7 Å². The van der Waals surface area contributed by atoms with Crippen LogP contribution in [0.15, 0.2) is 169 Å². The first-order chi connectivity index (χ1) is 38.2. The Labute approximate surface area is 450 Å². The number of rotatable bonds is 13. The number of ether oxygens (including phenoxy) is 1. The normalized spacial score (nSPS) is 8.38. The van der Waals surface area contributed by atoms with Crippen molar-refractivity contribution in [3.63, 3.8) is 0 Å². The molecular formula is C53H33ClN12O13. The van der Waals surface area contributed by atoms with Crippen molar-refractivity contribution in [2.45, 2.75) is 27.7 Å². The fourth-order valence-electron chi connectivity index (χ4n) is 5.45. The van der Waals surface area contributed by atoms with Gasteiger partial charge in [-0.05, 0) is 141 Å². The summed E-state index contributed by atoms with van der Waals surface area (Å²) in [6.07, 6.45) is 16.9. The first-order valence-electron chi connectivity index (χ1n) is 21.0. The van der Waals surface area contributed by atoms with E-state index in [2.05, 4.69) is 59.9 Å². The topological polar surface area (TPSA) is 362 Å². The van der Waals surface area contributed by atoms with Crippen LogP contribution in [0.2, 0.25) is 5.02 Å². The van der Waals surface area contributed by atoms with E-state index >= 15 is 0 Å². The third-order valence-corrected chi connectivity index (χ3v) is 9.15. The van der Waals surface area contributed by atoms with Crippen LogP contribution in [-0.2, 0) is 57.5 Å². The van der Waals surface area contributed by atoms with Gasteiger partial charge in [0.2, 0.25) is 73.0 Å². The molecule has 6 aromatic rings. The molecule has 0 fully saturated rings. The molecule has 0 saturated heterocycles. The molecule has 0 radical (unpaired) electrons. The second-order valence-electron chi connectivity index (χ2n) is 13.8.